The van der Waals surface area contributed by atoms with Crippen LogP contribution in [0.5, 0.6) is 0 Å². The lowest BCUT2D eigenvalue weighted by molar-refractivity contribution is 0.0875. The molecule has 2 aliphatic rings. The van der Waals surface area contributed by atoms with Crippen molar-refractivity contribution in [2.75, 3.05) is 13.1 Å². The second-order valence-electron chi connectivity index (χ2n) is 6.05. The molecule has 1 aromatic carbocycles. The van der Waals surface area contributed by atoms with Gasteiger partial charge in [0.2, 0.25) is 0 Å². The Morgan fingerprint density at radius 3 is 2.74 bits per heavy atom. The summed E-state index contributed by atoms with van der Waals surface area (Å²) in [6, 6.07) is 6.35. The molecular weight excluding hydrogens is 239 g/mol. The van der Waals surface area contributed by atoms with E-state index in [4.69, 9.17) is 5.73 Å². The van der Waals surface area contributed by atoms with E-state index < -0.39 is 0 Å². The van der Waals surface area contributed by atoms with Gasteiger partial charge in [0.25, 0.3) is 0 Å². The fraction of sp³-hybridized carbons (Fsp3) is 0.625. The van der Waals surface area contributed by atoms with E-state index in [0.717, 1.165) is 18.2 Å². The molecule has 1 aliphatic carbocycles. The Morgan fingerprint density at radius 1 is 1.32 bits per heavy atom. The number of benzene rings is 1. The molecule has 19 heavy (non-hydrogen) atoms. The van der Waals surface area contributed by atoms with E-state index >= 15 is 0 Å². The van der Waals surface area contributed by atoms with Gasteiger partial charge in [-0.2, -0.15) is 0 Å². The number of piperidine rings is 1. The minimum absolute atomic E-state index is 0.140. The molecule has 1 aromatic rings. The van der Waals surface area contributed by atoms with Crippen molar-refractivity contribution in [3.63, 3.8) is 0 Å². The zero-order chi connectivity index (χ0) is 13.4. The number of aryl methyl sites for hydroxylation is 1. The molecule has 104 valence electrons. The second-order valence-corrected chi connectivity index (χ2v) is 6.05. The maximum absolute atomic E-state index is 13.3. The first-order valence-electron chi connectivity index (χ1n) is 7.42. The van der Waals surface area contributed by atoms with Gasteiger partial charge in [0.1, 0.15) is 5.82 Å². The smallest absolute Gasteiger partial charge is 0.123 e. The highest BCUT2D eigenvalue weighted by atomic mass is 19.1. The fourth-order valence-electron chi connectivity index (χ4n) is 3.57. The lowest BCUT2D eigenvalue weighted by atomic mass is 9.83. The average Bonchev–Trinajstić information content (AvgIpc) is 3.22. The molecule has 0 spiro atoms. The van der Waals surface area contributed by atoms with Crippen LogP contribution in [0.3, 0.4) is 0 Å². The molecule has 2 N–H and O–H groups in total. The van der Waals surface area contributed by atoms with Gasteiger partial charge in [0.05, 0.1) is 0 Å². The number of hydrogen-bond donors (Lipinski definition) is 1. The van der Waals surface area contributed by atoms with Gasteiger partial charge in [-0.25, -0.2) is 4.39 Å². The molecule has 2 fully saturated rings. The van der Waals surface area contributed by atoms with Crippen LogP contribution in [0.2, 0.25) is 0 Å². The molecule has 0 aromatic heterocycles. The van der Waals surface area contributed by atoms with Crippen LogP contribution < -0.4 is 5.73 Å². The SMILES string of the molecule is Cc1cc(F)ccc1C1C(CN)CCCN1C1CC1. The first-order chi connectivity index (χ1) is 9.20. The summed E-state index contributed by atoms with van der Waals surface area (Å²) in [5, 5.41) is 0. The van der Waals surface area contributed by atoms with Crippen molar-refractivity contribution in [3.05, 3.63) is 35.1 Å². The number of nitrogens with zero attached hydrogens (tertiary/aromatic N) is 1. The average molecular weight is 262 g/mol. The van der Waals surface area contributed by atoms with E-state index in [1.54, 1.807) is 12.1 Å². The largest absolute Gasteiger partial charge is 0.330 e. The van der Waals surface area contributed by atoms with Crippen molar-refractivity contribution >= 4 is 0 Å². The van der Waals surface area contributed by atoms with E-state index in [-0.39, 0.29) is 5.82 Å². The predicted molar refractivity (Wildman–Crippen MR) is 75.4 cm³/mol. The first kappa shape index (κ1) is 13.1. The van der Waals surface area contributed by atoms with Crippen LogP contribution in [0.25, 0.3) is 0 Å². The van der Waals surface area contributed by atoms with Gasteiger partial charge < -0.3 is 5.73 Å². The van der Waals surface area contributed by atoms with Crippen LogP contribution in [-0.4, -0.2) is 24.0 Å². The third kappa shape index (κ3) is 2.54. The Labute approximate surface area is 114 Å². The molecule has 1 saturated carbocycles. The Hall–Kier alpha value is -0.930. The molecule has 3 heteroatoms. The zero-order valence-electron chi connectivity index (χ0n) is 11.6. The van der Waals surface area contributed by atoms with Crippen molar-refractivity contribution in [2.45, 2.75) is 44.7 Å². The van der Waals surface area contributed by atoms with Crippen molar-refractivity contribution in [1.82, 2.24) is 4.90 Å². The number of halogens is 1. The number of rotatable bonds is 3. The van der Waals surface area contributed by atoms with Crippen molar-refractivity contribution in [1.29, 1.82) is 0 Å². The number of nitrogens with two attached hydrogens (primary N) is 1. The number of likely N-dealkylation sites (tertiary alicyclic amines) is 1. The summed E-state index contributed by atoms with van der Waals surface area (Å²) in [4.78, 5) is 2.63. The summed E-state index contributed by atoms with van der Waals surface area (Å²) in [7, 11) is 0. The van der Waals surface area contributed by atoms with Crippen LogP contribution in [0.1, 0.15) is 42.9 Å². The Balaban J connectivity index is 1.95. The minimum atomic E-state index is -0.140. The highest BCUT2D eigenvalue weighted by Crippen LogP contribution is 2.43. The van der Waals surface area contributed by atoms with Crippen LogP contribution in [0.15, 0.2) is 18.2 Å². The molecule has 3 rings (SSSR count). The molecule has 2 unspecified atom stereocenters. The minimum Gasteiger partial charge on any atom is -0.330 e. The summed E-state index contributed by atoms with van der Waals surface area (Å²) in [5.41, 5.74) is 8.34. The van der Waals surface area contributed by atoms with Gasteiger partial charge in [0, 0.05) is 12.1 Å². The van der Waals surface area contributed by atoms with Crippen LogP contribution in [-0.2, 0) is 0 Å². The predicted octanol–water partition coefficient (Wildman–Crippen LogP) is 3.01. The first-order valence-corrected chi connectivity index (χ1v) is 7.42. The lowest BCUT2D eigenvalue weighted by Crippen LogP contribution is -2.43. The lowest BCUT2D eigenvalue weighted by Gasteiger charge is -2.42. The summed E-state index contributed by atoms with van der Waals surface area (Å²) in [6.45, 7) is 3.92. The topological polar surface area (TPSA) is 29.3 Å². The second kappa shape index (κ2) is 5.22. The third-order valence-corrected chi connectivity index (χ3v) is 4.66. The van der Waals surface area contributed by atoms with Gasteiger partial charge in [-0.3, -0.25) is 4.90 Å². The van der Waals surface area contributed by atoms with Gasteiger partial charge in [-0.1, -0.05) is 6.07 Å². The molecule has 1 heterocycles. The van der Waals surface area contributed by atoms with Crippen LogP contribution in [0, 0.1) is 18.7 Å². The van der Waals surface area contributed by atoms with E-state index in [1.807, 2.05) is 13.0 Å². The van der Waals surface area contributed by atoms with Crippen molar-refractivity contribution in [2.24, 2.45) is 11.7 Å². The third-order valence-electron chi connectivity index (χ3n) is 4.66. The monoisotopic (exact) mass is 262 g/mol. The normalized spacial score (nSPS) is 28.6. The Kier molecular flexibility index (Phi) is 3.59. The Morgan fingerprint density at radius 2 is 2.11 bits per heavy atom. The molecule has 2 atom stereocenters. The summed E-state index contributed by atoms with van der Waals surface area (Å²) < 4.78 is 13.3. The molecule has 1 aliphatic heterocycles. The molecule has 0 bridgehead atoms. The molecule has 0 amide bonds. The van der Waals surface area contributed by atoms with Gasteiger partial charge >= 0.3 is 0 Å². The van der Waals surface area contributed by atoms with E-state index in [1.165, 1.54) is 37.8 Å². The summed E-state index contributed by atoms with van der Waals surface area (Å²) >= 11 is 0. The van der Waals surface area contributed by atoms with E-state index in [2.05, 4.69) is 4.90 Å². The zero-order valence-corrected chi connectivity index (χ0v) is 11.6. The van der Waals surface area contributed by atoms with Gasteiger partial charge in [-0.15, -0.1) is 0 Å². The van der Waals surface area contributed by atoms with Gasteiger partial charge in [0.15, 0.2) is 0 Å². The molecule has 1 saturated heterocycles. The van der Waals surface area contributed by atoms with Crippen LogP contribution in [0.4, 0.5) is 4.39 Å². The number of hydrogen-bond acceptors (Lipinski definition) is 2. The quantitative estimate of drug-likeness (QED) is 0.907. The maximum Gasteiger partial charge on any atom is 0.123 e. The van der Waals surface area contributed by atoms with E-state index in [9.17, 15) is 4.39 Å². The van der Waals surface area contributed by atoms with Crippen LogP contribution >= 0.6 is 0 Å². The van der Waals surface area contributed by atoms with Crippen molar-refractivity contribution in [3.8, 4) is 0 Å². The van der Waals surface area contributed by atoms with E-state index in [0.29, 0.717) is 12.0 Å². The summed E-state index contributed by atoms with van der Waals surface area (Å²) in [5.74, 6) is 0.373. The molecule has 2 nitrogen and oxygen atoms in total. The highest BCUT2D eigenvalue weighted by molar-refractivity contribution is 5.31. The molecule has 0 radical (unpaired) electrons. The highest BCUT2D eigenvalue weighted by Gasteiger charge is 2.40. The Bertz CT molecular complexity index is 456. The fourth-order valence-corrected chi connectivity index (χ4v) is 3.57. The van der Waals surface area contributed by atoms with Gasteiger partial charge in [-0.05, 0) is 74.9 Å². The summed E-state index contributed by atoms with van der Waals surface area (Å²) in [6.07, 6.45) is 5.07. The molecular formula is C16H23FN2. The van der Waals surface area contributed by atoms with Crippen molar-refractivity contribution < 1.29 is 4.39 Å². The maximum atomic E-state index is 13.3. The standard InChI is InChI=1S/C16H23FN2/c1-11-9-13(17)4-7-15(11)16-12(10-18)3-2-8-19(16)14-5-6-14/h4,7,9,12,14,16H,2-3,5-6,8,10,18H2,1H3.